The van der Waals surface area contributed by atoms with E-state index in [2.05, 4.69) is 17.9 Å². The van der Waals surface area contributed by atoms with Gasteiger partial charge in [0.1, 0.15) is 11.5 Å². The average Bonchev–Trinajstić information content (AvgIpc) is 2.29. The van der Waals surface area contributed by atoms with Crippen LogP contribution >= 0.6 is 0 Å². The molecule has 2 rings (SSSR count). The van der Waals surface area contributed by atoms with Crippen LogP contribution in [0.2, 0.25) is 0 Å². The topological polar surface area (TPSA) is 12.5 Å². The van der Waals surface area contributed by atoms with Gasteiger partial charge in [-0.25, -0.2) is 0 Å². The fourth-order valence-corrected chi connectivity index (χ4v) is 1.63. The van der Waals surface area contributed by atoms with E-state index < -0.39 is 0 Å². The van der Waals surface area contributed by atoms with Gasteiger partial charge in [0.25, 0.3) is 0 Å². The number of benzene rings is 2. The van der Waals surface area contributed by atoms with Gasteiger partial charge < -0.3 is 9.64 Å². The summed E-state index contributed by atoms with van der Waals surface area (Å²) in [6.07, 6.45) is 0. The van der Waals surface area contributed by atoms with Gasteiger partial charge in [0.15, 0.2) is 0 Å². The van der Waals surface area contributed by atoms with Crippen molar-refractivity contribution in [3.05, 3.63) is 54.1 Å². The molecule has 0 fully saturated rings. The van der Waals surface area contributed by atoms with Crippen LogP contribution in [-0.2, 0) is 0 Å². The predicted molar refractivity (Wildman–Crippen MR) is 72.0 cm³/mol. The molecule has 17 heavy (non-hydrogen) atoms. The monoisotopic (exact) mass is 227 g/mol. The third kappa shape index (κ3) is 3.00. The van der Waals surface area contributed by atoms with Crippen LogP contribution in [0.3, 0.4) is 0 Å². The highest BCUT2D eigenvalue weighted by Gasteiger charge is 1.99. The number of anilines is 1. The Morgan fingerprint density at radius 3 is 2.18 bits per heavy atom. The van der Waals surface area contributed by atoms with Gasteiger partial charge in [0, 0.05) is 19.8 Å². The van der Waals surface area contributed by atoms with Crippen LogP contribution in [0.25, 0.3) is 0 Å². The second-order valence-electron chi connectivity index (χ2n) is 4.31. The van der Waals surface area contributed by atoms with Gasteiger partial charge >= 0.3 is 0 Å². The van der Waals surface area contributed by atoms with Crippen LogP contribution in [0, 0.1) is 6.92 Å². The summed E-state index contributed by atoms with van der Waals surface area (Å²) in [7, 11) is 4.05. The zero-order chi connectivity index (χ0) is 12.3. The Kier molecular flexibility index (Phi) is 3.33. The molecular formula is C15H17NO. The largest absolute Gasteiger partial charge is 0.457 e. The lowest BCUT2D eigenvalue weighted by molar-refractivity contribution is 0.482. The van der Waals surface area contributed by atoms with Crippen molar-refractivity contribution in [3.63, 3.8) is 0 Å². The van der Waals surface area contributed by atoms with Crippen LogP contribution < -0.4 is 9.64 Å². The van der Waals surface area contributed by atoms with Crippen LogP contribution in [0.1, 0.15) is 5.56 Å². The highest BCUT2D eigenvalue weighted by molar-refractivity contribution is 5.48. The SMILES string of the molecule is Cc1cccc(Oc2ccc(N(C)C)cc2)c1. The predicted octanol–water partition coefficient (Wildman–Crippen LogP) is 3.85. The molecule has 0 heterocycles. The van der Waals surface area contributed by atoms with Crippen LogP contribution in [0.4, 0.5) is 5.69 Å². The van der Waals surface area contributed by atoms with E-state index in [1.165, 1.54) is 11.3 Å². The zero-order valence-corrected chi connectivity index (χ0v) is 10.5. The normalized spacial score (nSPS) is 10.1. The van der Waals surface area contributed by atoms with Crippen molar-refractivity contribution < 1.29 is 4.74 Å². The van der Waals surface area contributed by atoms with E-state index in [1.54, 1.807) is 0 Å². The van der Waals surface area contributed by atoms with E-state index in [0.717, 1.165) is 11.5 Å². The molecule has 0 bridgehead atoms. The van der Waals surface area contributed by atoms with E-state index in [0.29, 0.717) is 0 Å². The second-order valence-corrected chi connectivity index (χ2v) is 4.31. The first-order valence-corrected chi connectivity index (χ1v) is 5.67. The molecule has 0 radical (unpaired) electrons. The van der Waals surface area contributed by atoms with Crippen molar-refractivity contribution in [3.8, 4) is 11.5 Å². The molecule has 2 heteroatoms. The van der Waals surface area contributed by atoms with Crippen molar-refractivity contribution in [2.75, 3.05) is 19.0 Å². The lowest BCUT2D eigenvalue weighted by Crippen LogP contribution is -2.07. The summed E-state index contributed by atoms with van der Waals surface area (Å²) in [5.74, 6) is 1.74. The number of nitrogens with zero attached hydrogens (tertiary/aromatic N) is 1. The summed E-state index contributed by atoms with van der Waals surface area (Å²) >= 11 is 0. The molecule has 0 aliphatic rings. The summed E-state index contributed by atoms with van der Waals surface area (Å²) in [4.78, 5) is 2.07. The fraction of sp³-hybridized carbons (Fsp3) is 0.200. The standard InChI is InChI=1S/C15H17NO/c1-12-5-4-6-15(11-12)17-14-9-7-13(8-10-14)16(2)3/h4-11H,1-3H3. The van der Waals surface area contributed by atoms with Crippen LogP contribution in [-0.4, -0.2) is 14.1 Å². The van der Waals surface area contributed by atoms with Gasteiger partial charge in [-0.2, -0.15) is 0 Å². The van der Waals surface area contributed by atoms with Gasteiger partial charge in [-0.15, -0.1) is 0 Å². The van der Waals surface area contributed by atoms with Gasteiger partial charge in [0.2, 0.25) is 0 Å². The van der Waals surface area contributed by atoms with E-state index in [9.17, 15) is 0 Å². The van der Waals surface area contributed by atoms with Gasteiger partial charge in [0.05, 0.1) is 0 Å². The highest BCUT2D eigenvalue weighted by Crippen LogP contribution is 2.24. The Labute approximate surface area is 102 Å². The Morgan fingerprint density at radius 2 is 1.59 bits per heavy atom. The third-order valence-corrected chi connectivity index (χ3v) is 2.58. The molecule has 0 saturated carbocycles. The van der Waals surface area contributed by atoms with Crippen molar-refractivity contribution in [1.82, 2.24) is 0 Å². The van der Waals surface area contributed by atoms with Crippen molar-refractivity contribution in [1.29, 1.82) is 0 Å². The Morgan fingerprint density at radius 1 is 0.882 bits per heavy atom. The molecule has 0 amide bonds. The van der Waals surface area contributed by atoms with E-state index in [1.807, 2.05) is 56.6 Å². The van der Waals surface area contributed by atoms with Crippen molar-refractivity contribution in [2.24, 2.45) is 0 Å². The Bertz CT molecular complexity index is 489. The fourth-order valence-electron chi connectivity index (χ4n) is 1.63. The van der Waals surface area contributed by atoms with E-state index in [-0.39, 0.29) is 0 Å². The molecule has 2 aromatic rings. The smallest absolute Gasteiger partial charge is 0.127 e. The summed E-state index contributed by atoms with van der Waals surface area (Å²) < 4.78 is 5.78. The highest BCUT2D eigenvalue weighted by atomic mass is 16.5. The van der Waals surface area contributed by atoms with Gasteiger partial charge in [-0.1, -0.05) is 12.1 Å². The minimum absolute atomic E-state index is 0.862. The number of ether oxygens (including phenoxy) is 1. The van der Waals surface area contributed by atoms with E-state index in [4.69, 9.17) is 4.74 Å². The van der Waals surface area contributed by atoms with Gasteiger partial charge in [-0.3, -0.25) is 0 Å². The number of hydrogen-bond donors (Lipinski definition) is 0. The molecule has 2 aromatic carbocycles. The number of hydrogen-bond acceptors (Lipinski definition) is 2. The van der Waals surface area contributed by atoms with E-state index >= 15 is 0 Å². The Hall–Kier alpha value is -1.96. The van der Waals surface area contributed by atoms with Gasteiger partial charge in [-0.05, 0) is 48.9 Å². The molecular weight excluding hydrogens is 210 g/mol. The maximum absolute atomic E-state index is 5.78. The zero-order valence-electron chi connectivity index (χ0n) is 10.5. The Balaban J connectivity index is 2.14. The lowest BCUT2D eigenvalue weighted by Gasteiger charge is -2.13. The first kappa shape index (κ1) is 11.5. The quantitative estimate of drug-likeness (QED) is 0.789. The first-order valence-electron chi connectivity index (χ1n) is 5.67. The third-order valence-electron chi connectivity index (χ3n) is 2.58. The molecule has 0 unspecified atom stereocenters. The van der Waals surface area contributed by atoms with Crippen LogP contribution in [0.15, 0.2) is 48.5 Å². The van der Waals surface area contributed by atoms with Crippen molar-refractivity contribution in [2.45, 2.75) is 6.92 Å². The maximum Gasteiger partial charge on any atom is 0.127 e. The molecule has 88 valence electrons. The van der Waals surface area contributed by atoms with Crippen molar-refractivity contribution >= 4 is 5.69 Å². The average molecular weight is 227 g/mol. The second kappa shape index (κ2) is 4.91. The molecule has 0 spiro atoms. The lowest BCUT2D eigenvalue weighted by atomic mass is 10.2. The molecule has 2 nitrogen and oxygen atoms in total. The first-order chi connectivity index (χ1) is 8.15. The molecule has 0 atom stereocenters. The van der Waals surface area contributed by atoms with Crippen LogP contribution in [0.5, 0.6) is 11.5 Å². The summed E-state index contributed by atoms with van der Waals surface area (Å²) in [6, 6.07) is 16.1. The molecule has 0 N–H and O–H groups in total. The molecule has 0 saturated heterocycles. The summed E-state index contributed by atoms with van der Waals surface area (Å²) in [5, 5.41) is 0. The summed E-state index contributed by atoms with van der Waals surface area (Å²) in [5.41, 5.74) is 2.37. The molecule has 0 aliphatic heterocycles. The molecule has 0 aliphatic carbocycles. The minimum atomic E-state index is 0.862. The maximum atomic E-state index is 5.78. The molecule has 0 aromatic heterocycles. The number of aryl methyl sites for hydroxylation is 1. The summed E-state index contributed by atoms with van der Waals surface area (Å²) in [6.45, 7) is 2.06. The minimum Gasteiger partial charge on any atom is -0.457 e. The number of rotatable bonds is 3.